The van der Waals surface area contributed by atoms with Crippen LogP contribution in [0.3, 0.4) is 0 Å². The third-order valence-corrected chi connectivity index (χ3v) is 7.73. The number of benzene rings is 3. The zero-order chi connectivity index (χ0) is 26.1. The Kier molecular flexibility index (Phi) is 6.72. The van der Waals surface area contributed by atoms with E-state index in [-0.39, 0.29) is 17.6 Å². The van der Waals surface area contributed by atoms with Gasteiger partial charge in [-0.25, -0.2) is 9.07 Å². The van der Waals surface area contributed by atoms with E-state index in [0.29, 0.717) is 35.4 Å². The van der Waals surface area contributed by atoms with Crippen molar-refractivity contribution in [1.82, 2.24) is 14.8 Å². The third-order valence-electron chi connectivity index (χ3n) is 6.85. The Hall–Kier alpha value is -3.91. The fraction of sp³-hybridized carbons (Fsp3) is 0.233. The van der Waals surface area contributed by atoms with Gasteiger partial charge in [-0.2, -0.15) is 4.98 Å². The van der Waals surface area contributed by atoms with Gasteiger partial charge in [-0.3, -0.25) is 4.79 Å². The SMILES string of the molecule is Cc1cccc(COc2ccc(C3C4=C(CCCC4=O)Nc4nc(SCc5ccccc5F)nn43)cc2)c1. The summed E-state index contributed by atoms with van der Waals surface area (Å²) in [6.07, 6.45) is 2.12. The zero-order valence-corrected chi connectivity index (χ0v) is 21.8. The Morgan fingerprint density at radius 1 is 1.08 bits per heavy atom. The molecule has 6 nitrogen and oxygen atoms in total. The highest BCUT2D eigenvalue weighted by molar-refractivity contribution is 7.98. The summed E-state index contributed by atoms with van der Waals surface area (Å²) >= 11 is 1.37. The van der Waals surface area contributed by atoms with Crippen molar-refractivity contribution in [2.24, 2.45) is 0 Å². The first-order valence-electron chi connectivity index (χ1n) is 12.7. The molecule has 2 aliphatic rings. The number of nitrogens with zero attached hydrogens (tertiary/aromatic N) is 3. The minimum Gasteiger partial charge on any atom is -0.489 e. The molecule has 6 rings (SSSR count). The number of rotatable bonds is 7. The van der Waals surface area contributed by atoms with E-state index in [4.69, 9.17) is 9.84 Å². The first-order valence-corrected chi connectivity index (χ1v) is 13.7. The maximum Gasteiger partial charge on any atom is 0.227 e. The van der Waals surface area contributed by atoms with Crippen LogP contribution in [0.2, 0.25) is 0 Å². The molecule has 0 fully saturated rings. The molecule has 2 heterocycles. The maximum atomic E-state index is 14.1. The summed E-state index contributed by atoms with van der Waals surface area (Å²) in [6, 6.07) is 22.4. The summed E-state index contributed by atoms with van der Waals surface area (Å²) in [5, 5.41) is 8.63. The minimum absolute atomic E-state index is 0.130. The van der Waals surface area contributed by atoms with E-state index in [9.17, 15) is 9.18 Å². The van der Waals surface area contributed by atoms with E-state index < -0.39 is 0 Å². The van der Waals surface area contributed by atoms with Gasteiger partial charge >= 0.3 is 0 Å². The number of hydrogen-bond donors (Lipinski definition) is 1. The van der Waals surface area contributed by atoms with Crippen LogP contribution >= 0.6 is 11.8 Å². The molecule has 0 radical (unpaired) electrons. The molecule has 1 N–H and O–H groups in total. The summed E-state index contributed by atoms with van der Waals surface area (Å²) < 4.78 is 21.9. The lowest BCUT2D eigenvalue weighted by molar-refractivity contribution is -0.116. The number of carbonyl (C=O) groups excluding carboxylic acids is 1. The van der Waals surface area contributed by atoms with E-state index in [1.807, 2.05) is 42.5 Å². The Bertz CT molecular complexity index is 1530. The fourth-order valence-electron chi connectivity index (χ4n) is 4.98. The Morgan fingerprint density at radius 3 is 2.74 bits per heavy atom. The van der Waals surface area contributed by atoms with Crippen molar-refractivity contribution in [3.8, 4) is 5.75 Å². The van der Waals surface area contributed by atoms with Crippen molar-refractivity contribution in [1.29, 1.82) is 0 Å². The quantitative estimate of drug-likeness (QED) is 0.273. The molecule has 0 bridgehead atoms. The van der Waals surface area contributed by atoms with Gasteiger partial charge in [-0.05, 0) is 54.7 Å². The number of nitrogens with one attached hydrogen (secondary N) is 1. The number of ketones is 1. The Balaban J connectivity index is 1.26. The minimum atomic E-state index is -0.379. The molecule has 1 aliphatic carbocycles. The van der Waals surface area contributed by atoms with E-state index in [1.165, 1.54) is 23.4 Å². The normalized spacial score (nSPS) is 16.6. The lowest BCUT2D eigenvalue weighted by atomic mass is 9.85. The average Bonchev–Trinajstić information content (AvgIpc) is 3.33. The first kappa shape index (κ1) is 24.4. The van der Waals surface area contributed by atoms with Crippen LogP contribution in [0.15, 0.2) is 89.2 Å². The van der Waals surface area contributed by atoms with Crippen LogP contribution in [0.25, 0.3) is 0 Å². The third kappa shape index (κ3) is 4.96. The largest absolute Gasteiger partial charge is 0.489 e. The molecular weight excluding hydrogens is 499 g/mol. The molecule has 0 saturated heterocycles. The van der Waals surface area contributed by atoms with Crippen LogP contribution in [-0.4, -0.2) is 20.5 Å². The van der Waals surface area contributed by atoms with Gasteiger partial charge in [0.15, 0.2) is 5.78 Å². The first-order chi connectivity index (χ1) is 18.5. The van der Waals surface area contributed by atoms with Crippen LogP contribution in [0.4, 0.5) is 10.3 Å². The monoisotopic (exact) mass is 526 g/mol. The topological polar surface area (TPSA) is 69.0 Å². The molecular formula is C30H27FN4O2S. The van der Waals surface area contributed by atoms with E-state index in [2.05, 4.69) is 29.4 Å². The van der Waals surface area contributed by atoms with Gasteiger partial charge in [0.25, 0.3) is 0 Å². The molecule has 3 aromatic carbocycles. The van der Waals surface area contributed by atoms with Crippen molar-refractivity contribution >= 4 is 23.5 Å². The predicted octanol–water partition coefficient (Wildman–Crippen LogP) is 6.62. The van der Waals surface area contributed by atoms with Crippen LogP contribution in [0.1, 0.15) is 47.6 Å². The zero-order valence-electron chi connectivity index (χ0n) is 21.0. The van der Waals surface area contributed by atoms with Crippen LogP contribution in [-0.2, 0) is 17.2 Å². The van der Waals surface area contributed by atoms with Gasteiger partial charge < -0.3 is 10.1 Å². The molecule has 4 aromatic rings. The average molecular weight is 527 g/mol. The predicted molar refractivity (Wildman–Crippen MR) is 146 cm³/mol. The fourth-order valence-corrected chi connectivity index (χ4v) is 5.79. The van der Waals surface area contributed by atoms with Gasteiger partial charge in [0.1, 0.15) is 24.2 Å². The second kappa shape index (κ2) is 10.5. The smallest absolute Gasteiger partial charge is 0.227 e. The molecule has 192 valence electrons. The number of ether oxygens (including phenoxy) is 1. The van der Waals surface area contributed by atoms with Gasteiger partial charge in [0.2, 0.25) is 11.1 Å². The van der Waals surface area contributed by atoms with Crippen molar-refractivity contribution in [3.05, 3.63) is 112 Å². The summed E-state index contributed by atoms with van der Waals surface area (Å²) in [5.74, 6) is 1.66. The molecule has 0 spiro atoms. The molecule has 8 heteroatoms. The highest BCUT2D eigenvalue weighted by atomic mass is 32.2. The molecule has 1 unspecified atom stereocenters. The number of allylic oxidation sites excluding steroid dienone is 2. The second-order valence-electron chi connectivity index (χ2n) is 9.59. The standard InChI is InChI=1S/C30H27FN4O2S/c1-19-6-4-7-20(16-19)17-37-23-14-12-21(13-15-23)28-27-25(10-5-11-26(27)36)32-29-33-30(34-35(28)29)38-18-22-8-2-3-9-24(22)31/h2-4,6-9,12-16,28H,5,10-11,17-18H2,1H3,(H,32,33,34). The van der Waals surface area contributed by atoms with Crippen molar-refractivity contribution in [3.63, 3.8) is 0 Å². The summed E-state index contributed by atoms with van der Waals surface area (Å²) in [6.45, 7) is 2.55. The van der Waals surface area contributed by atoms with E-state index >= 15 is 0 Å². The molecule has 1 aromatic heterocycles. The van der Waals surface area contributed by atoms with Gasteiger partial charge in [-0.15, -0.1) is 5.10 Å². The highest BCUT2D eigenvalue weighted by Gasteiger charge is 2.36. The lowest BCUT2D eigenvalue weighted by Gasteiger charge is -2.32. The number of halogens is 1. The van der Waals surface area contributed by atoms with Crippen molar-refractivity contribution in [2.75, 3.05) is 5.32 Å². The van der Waals surface area contributed by atoms with Crippen LogP contribution in [0, 0.1) is 12.7 Å². The molecule has 0 amide bonds. The number of thioether (sulfide) groups is 1. The molecule has 0 saturated carbocycles. The van der Waals surface area contributed by atoms with Crippen LogP contribution < -0.4 is 10.1 Å². The van der Waals surface area contributed by atoms with Gasteiger partial charge in [0.05, 0.1) is 0 Å². The number of carbonyl (C=O) groups is 1. The summed E-state index contributed by atoms with van der Waals surface area (Å²) in [4.78, 5) is 17.8. The highest BCUT2D eigenvalue weighted by Crippen LogP contribution is 2.41. The van der Waals surface area contributed by atoms with Gasteiger partial charge in [0, 0.05) is 23.4 Å². The Labute approximate surface area is 224 Å². The van der Waals surface area contributed by atoms with Crippen molar-refractivity contribution in [2.45, 2.75) is 49.7 Å². The number of hydrogen-bond acceptors (Lipinski definition) is 6. The van der Waals surface area contributed by atoms with E-state index in [1.54, 1.807) is 16.8 Å². The Morgan fingerprint density at radius 2 is 1.92 bits per heavy atom. The molecule has 1 atom stereocenters. The van der Waals surface area contributed by atoms with Crippen LogP contribution in [0.5, 0.6) is 5.75 Å². The molecule has 38 heavy (non-hydrogen) atoms. The van der Waals surface area contributed by atoms with Gasteiger partial charge in [-0.1, -0.05) is 71.9 Å². The lowest BCUT2D eigenvalue weighted by Crippen LogP contribution is -2.31. The van der Waals surface area contributed by atoms with E-state index in [0.717, 1.165) is 41.0 Å². The summed E-state index contributed by atoms with van der Waals surface area (Å²) in [7, 11) is 0. The second-order valence-corrected chi connectivity index (χ2v) is 10.5. The number of aryl methyl sites for hydroxylation is 1. The summed E-state index contributed by atoms with van der Waals surface area (Å²) in [5.41, 5.74) is 5.51. The maximum absolute atomic E-state index is 14.1. The number of fused-ring (bicyclic) bond motifs is 1. The number of anilines is 1. The number of aromatic nitrogens is 3. The molecule has 1 aliphatic heterocycles. The number of Topliss-reactive ketones (excluding diaryl/α,β-unsaturated/α-hetero) is 1. The van der Waals surface area contributed by atoms with Crippen molar-refractivity contribution < 1.29 is 13.9 Å².